The summed E-state index contributed by atoms with van der Waals surface area (Å²) in [5.41, 5.74) is 1.74. The molecule has 0 atom stereocenters. The molecule has 0 fully saturated rings. The first-order chi connectivity index (χ1) is 9.65. The Bertz CT molecular complexity index is 548. The van der Waals surface area contributed by atoms with Crippen LogP contribution in [0.2, 0.25) is 0 Å². The first-order valence-electron chi connectivity index (χ1n) is 5.73. The molecule has 21 heavy (non-hydrogen) atoms. The number of rotatable bonds is 5. The molecular weight excluding hydrogens is 293 g/mol. The maximum atomic E-state index is 12.1. The van der Waals surface area contributed by atoms with Gasteiger partial charge in [0.15, 0.2) is 0 Å². The van der Waals surface area contributed by atoms with Crippen molar-refractivity contribution in [2.75, 3.05) is 19.0 Å². The van der Waals surface area contributed by atoms with E-state index in [1.807, 2.05) is 0 Å². The zero-order valence-electron chi connectivity index (χ0n) is 11.0. The van der Waals surface area contributed by atoms with Crippen LogP contribution < -0.4 is 11.3 Å². The third kappa shape index (κ3) is 4.60. The SMILES string of the molecule is CN(CCC(F)(F)F)C(=O)c1cc([N+](=O)[O-])ccc1NN. The number of hydrazine groups is 1. The number of hydrogen-bond acceptors (Lipinski definition) is 5. The molecule has 0 spiro atoms. The molecule has 3 N–H and O–H groups in total. The molecule has 0 aromatic heterocycles. The van der Waals surface area contributed by atoms with E-state index in [9.17, 15) is 28.1 Å². The van der Waals surface area contributed by atoms with Crippen LogP contribution in [-0.2, 0) is 0 Å². The van der Waals surface area contributed by atoms with Gasteiger partial charge in [-0.1, -0.05) is 0 Å². The zero-order valence-corrected chi connectivity index (χ0v) is 11.0. The van der Waals surface area contributed by atoms with Gasteiger partial charge in [0.2, 0.25) is 0 Å². The van der Waals surface area contributed by atoms with Crippen molar-refractivity contribution in [2.24, 2.45) is 5.84 Å². The highest BCUT2D eigenvalue weighted by molar-refractivity contribution is 6.00. The third-order valence-electron chi connectivity index (χ3n) is 2.68. The Morgan fingerprint density at radius 3 is 2.57 bits per heavy atom. The molecule has 0 radical (unpaired) electrons. The van der Waals surface area contributed by atoms with Gasteiger partial charge in [-0.2, -0.15) is 13.2 Å². The quantitative estimate of drug-likeness (QED) is 0.491. The van der Waals surface area contributed by atoms with Gasteiger partial charge in [0.25, 0.3) is 11.6 Å². The van der Waals surface area contributed by atoms with Gasteiger partial charge in [0.1, 0.15) is 0 Å². The minimum atomic E-state index is -4.40. The molecule has 7 nitrogen and oxygen atoms in total. The van der Waals surface area contributed by atoms with Gasteiger partial charge in [0.05, 0.1) is 22.6 Å². The van der Waals surface area contributed by atoms with Crippen LogP contribution in [0.15, 0.2) is 18.2 Å². The van der Waals surface area contributed by atoms with Gasteiger partial charge in [0, 0.05) is 25.7 Å². The fourth-order valence-corrected chi connectivity index (χ4v) is 1.55. The Labute approximate surface area is 117 Å². The van der Waals surface area contributed by atoms with Crippen molar-refractivity contribution in [2.45, 2.75) is 12.6 Å². The molecular formula is C11H13F3N4O3. The number of carbonyl (C=O) groups is 1. The molecule has 1 rings (SSSR count). The lowest BCUT2D eigenvalue weighted by Gasteiger charge is -2.19. The summed E-state index contributed by atoms with van der Waals surface area (Å²) in [4.78, 5) is 22.9. The number of nitrogens with one attached hydrogen (secondary N) is 1. The molecule has 1 amide bonds. The van der Waals surface area contributed by atoms with Crippen molar-refractivity contribution >= 4 is 17.3 Å². The van der Waals surface area contributed by atoms with Crippen molar-refractivity contribution in [3.63, 3.8) is 0 Å². The molecule has 0 aliphatic rings. The maximum absolute atomic E-state index is 12.1. The normalized spacial score (nSPS) is 11.1. The summed E-state index contributed by atoms with van der Waals surface area (Å²) < 4.78 is 36.4. The summed E-state index contributed by atoms with van der Waals surface area (Å²) in [6.07, 6.45) is -5.57. The van der Waals surface area contributed by atoms with E-state index in [0.717, 1.165) is 17.0 Å². The summed E-state index contributed by atoms with van der Waals surface area (Å²) in [5.74, 6) is 4.39. The number of nitrogens with two attached hydrogens (primary N) is 1. The lowest BCUT2D eigenvalue weighted by atomic mass is 10.1. The standard InChI is InChI=1S/C11H13F3N4O3/c1-17(5-4-11(12,13)14)10(19)8-6-7(18(20)21)2-3-9(8)16-15/h2-3,6,16H,4-5,15H2,1H3. The molecule has 0 saturated carbocycles. The highest BCUT2D eigenvalue weighted by Gasteiger charge is 2.29. The predicted molar refractivity (Wildman–Crippen MR) is 68.5 cm³/mol. The number of alkyl halides is 3. The number of carbonyl (C=O) groups excluding carboxylic acids is 1. The summed E-state index contributed by atoms with van der Waals surface area (Å²) in [7, 11) is 1.17. The summed E-state index contributed by atoms with van der Waals surface area (Å²) >= 11 is 0. The fraction of sp³-hybridized carbons (Fsp3) is 0.364. The van der Waals surface area contributed by atoms with Crippen LogP contribution in [0.1, 0.15) is 16.8 Å². The Hall–Kier alpha value is -2.36. The lowest BCUT2D eigenvalue weighted by Crippen LogP contribution is -2.31. The average Bonchev–Trinajstić information content (AvgIpc) is 2.42. The van der Waals surface area contributed by atoms with E-state index < -0.39 is 30.0 Å². The molecule has 116 valence electrons. The number of nitro groups is 1. The number of hydrogen-bond donors (Lipinski definition) is 2. The highest BCUT2D eigenvalue weighted by atomic mass is 19.4. The number of nitrogens with zero attached hydrogens (tertiary/aromatic N) is 2. The number of benzene rings is 1. The van der Waals surface area contributed by atoms with Crippen molar-refractivity contribution in [3.8, 4) is 0 Å². The van der Waals surface area contributed by atoms with Gasteiger partial charge < -0.3 is 10.3 Å². The molecule has 1 aromatic rings. The van der Waals surface area contributed by atoms with Crippen molar-refractivity contribution in [3.05, 3.63) is 33.9 Å². The first-order valence-corrected chi connectivity index (χ1v) is 5.73. The number of nitro benzene ring substituents is 1. The van der Waals surface area contributed by atoms with Crippen LogP contribution in [0, 0.1) is 10.1 Å². The van der Waals surface area contributed by atoms with Crippen LogP contribution >= 0.6 is 0 Å². The second-order valence-corrected chi connectivity index (χ2v) is 4.22. The highest BCUT2D eigenvalue weighted by Crippen LogP contribution is 2.24. The number of non-ortho nitro benzene ring substituents is 1. The van der Waals surface area contributed by atoms with E-state index in [1.165, 1.54) is 13.1 Å². The van der Waals surface area contributed by atoms with Crippen LogP contribution in [0.4, 0.5) is 24.5 Å². The first kappa shape index (κ1) is 16.7. The second-order valence-electron chi connectivity index (χ2n) is 4.22. The summed E-state index contributed by atoms with van der Waals surface area (Å²) in [6, 6.07) is 3.30. The average molecular weight is 306 g/mol. The summed E-state index contributed by atoms with van der Waals surface area (Å²) in [5, 5.41) is 10.7. The Morgan fingerprint density at radius 2 is 2.10 bits per heavy atom. The zero-order chi connectivity index (χ0) is 16.2. The Morgan fingerprint density at radius 1 is 1.48 bits per heavy atom. The minimum Gasteiger partial charge on any atom is -0.341 e. The molecule has 0 unspecified atom stereocenters. The molecule has 1 aromatic carbocycles. The number of halogens is 3. The van der Waals surface area contributed by atoms with E-state index in [4.69, 9.17) is 5.84 Å². The maximum Gasteiger partial charge on any atom is 0.390 e. The van der Waals surface area contributed by atoms with Gasteiger partial charge in [-0.05, 0) is 6.07 Å². The van der Waals surface area contributed by atoms with E-state index in [2.05, 4.69) is 5.43 Å². The van der Waals surface area contributed by atoms with Gasteiger partial charge >= 0.3 is 6.18 Å². The number of nitrogen functional groups attached to an aromatic ring is 1. The van der Waals surface area contributed by atoms with Crippen LogP contribution in [0.3, 0.4) is 0 Å². The Balaban J connectivity index is 2.99. The molecule has 10 heteroatoms. The van der Waals surface area contributed by atoms with Gasteiger partial charge in [-0.3, -0.25) is 20.8 Å². The van der Waals surface area contributed by atoms with Gasteiger partial charge in [-0.15, -0.1) is 0 Å². The second kappa shape index (κ2) is 6.39. The Kier molecular flexibility index (Phi) is 5.08. The molecule has 0 heterocycles. The van der Waals surface area contributed by atoms with Crippen LogP contribution in [-0.4, -0.2) is 35.5 Å². The predicted octanol–water partition coefficient (Wildman–Crippen LogP) is 1.90. The van der Waals surface area contributed by atoms with Crippen molar-refractivity contribution in [1.82, 2.24) is 4.90 Å². The molecule has 0 bridgehead atoms. The molecule has 0 saturated heterocycles. The third-order valence-corrected chi connectivity index (χ3v) is 2.68. The summed E-state index contributed by atoms with van der Waals surface area (Å²) in [6.45, 7) is -0.560. The van der Waals surface area contributed by atoms with E-state index >= 15 is 0 Å². The van der Waals surface area contributed by atoms with E-state index in [1.54, 1.807) is 0 Å². The lowest BCUT2D eigenvalue weighted by molar-refractivity contribution is -0.384. The van der Waals surface area contributed by atoms with E-state index in [-0.39, 0.29) is 16.9 Å². The molecule has 0 aliphatic carbocycles. The monoisotopic (exact) mass is 306 g/mol. The van der Waals surface area contributed by atoms with Crippen LogP contribution in [0.25, 0.3) is 0 Å². The number of amides is 1. The largest absolute Gasteiger partial charge is 0.390 e. The van der Waals surface area contributed by atoms with E-state index in [0.29, 0.717) is 0 Å². The smallest absolute Gasteiger partial charge is 0.341 e. The fourth-order valence-electron chi connectivity index (χ4n) is 1.55. The van der Waals surface area contributed by atoms with Gasteiger partial charge in [-0.25, -0.2) is 0 Å². The molecule has 0 aliphatic heterocycles. The topological polar surface area (TPSA) is 102 Å². The van der Waals surface area contributed by atoms with Crippen molar-refractivity contribution in [1.29, 1.82) is 0 Å². The van der Waals surface area contributed by atoms with Crippen molar-refractivity contribution < 1.29 is 22.9 Å². The van der Waals surface area contributed by atoms with Crippen LogP contribution in [0.5, 0.6) is 0 Å². The number of anilines is 1. The minimum absolute atomic E-state index is 0.0875.